The van der Waals surface area contributed by atoms with Crippen LogP contribution in [0.1, 0.15) is 60.4 Å². The molecule has 69 heavy (non-hydrogen) atoms. The Kier molecular flexibility index (Phi) is 13.9. The second kappa shape index (κ2) is 20.9. The Morgan fingerprint density at radius 3 is 1.23 bits per heavy atom. The van der Waals surface area contributed by atoms with Crippen molar-refractivity contribution in [1.82, 2.24) is 8.75 Å². The van der Waals surface area contributed by atoms with Gasteiger partial charge in [-0.15, -0.1) is 22.7 Å². The van der Waals surface area contributed by atoms with E-state index in [0.717, 1.165) is 64.9 Å². The van der Waals surface area contributed by atoms with Gasteiger partial charge in [0.05, 0.1) is 22.6 Å². The first-order valence-corrected chi connectivity index (χ1v) is 23.1. The summed E-state index contributed by atoms with van der Waals surface area (Å²) in [6.07, 6.45) is 0. The number of aryl methyl sites for hydroxylation is 2. The highest BCUT2D eigenvalue weighted by Crippen LogP contribution is 2.59. The molecule has 2 nitrogen and oxygen atoms in total. The fourth-order valence-electron chi connectivity index (χ4n) is 7.95. The molecule has 2 aliphatic rings. The van der Waals surface area contributed by atoms with Crippen molar-refractivity contribution in [2.24, 2.45) is 0 Å². The number of hydrogen-bond donors (Lipinski definition) is 0. The number of fused-ring (bicyclic) bond motifs is 10. The van der Waals surface area contributed by atoms with Crippen LogP contribution in [0.25, 0.3) is 53.1 Å². The summed E-state index contributed by atoms with van der Waals surface area (Å²) in [5.74, 6) is 88.5. The van der Waals surface area contributed by atoms with Crippen molar-refractivity contribution in [3.63, 3.8) is 0 Å². The summed E-state index contributed by atoms with van der Waals surface area (Å²) in [5, 5.41) is 2.22. The van der Waals surface area contributed by atoms with Crippen LogP contribution in [0.5, 0.6) is 0 Å². The van der Waals surface area contributed by atoms with Crippen LogP contribution in [0.3, 0.4) is 0 Å². The Hall–Kier alpha value is -9.90. The molecule has 5 heteroatoms. The Balaban J connectivity index is 1.18. The third-order valence-electron chi connectivity index (χ3n) is 10.7. The van der Waals surface area contributed by atoms with Crippen molar-refractivity contribution < 1.29 is 0 Å². The molecule has 2 atom stereocenters. The fraction of sp³-hybridized carbons (Fsp3) is 0.125. The Morgan fingerprint density at radius 1 is 0.406 bits per heavy atom. The lowest BCUT2D eigenvalue weighted by atomic mass is 9.75. The maximum absolute atomic E-state index is 4.71. The van der Waals surface area contributed by atoms with Gasteiger partial charge in [0.25, 0.3) is 0 Å². The zero-order chi connectivity index (χ0) is 48.1. The number of thiophene rings is 2. The summed E-state index contributed by atoms with van der Waals surface area (Å²) in [6.45, 7) is 12.0. The van der Waals surface area contributed by atoms with Gasteiger partial charge in [-0.05, 0) is 269 Å². The average molecular weight is 919 g/mol. The van der Waals surface area contributed by atoms with Crippen molar-refractivity contribution in [2.45, 2.75) is 52.4 Å². The van der Waals surface area contributed by atoms with E-state index >= 15 is 0 Å². The van der Waals surface area contributed by atoms with Crippen molar-refractivity contribution in [2.75, 3.05) is 0 Å². The predicted octanol–water partition coefficient (Wildman–Crippen LogP) is 9.92. The number of rotatable bonds is 1. The minimum absolute atomic E-state index is 0.656. The average Bonchev–Trinajstić information content (AvgIpc) is 4.19. The molecule has 8 rings (SSSR count). The molecular formula is C64H26N2S3. The molecule has 2 aliphatic carbocycles. The molecule has 0 spiro atoms. The molecule has 2 unspecified atom stereocenters. The summed E-state index contributed by atoms with van der Waals surface area (Å²) in [7, 11) is 0. The quantitative estimate of drug-likeness (QED) is 0.154. The minimum Gasteiger partial charge on any atom is -0.173 e. The lowest BCUT2D eigenvalue weighted by Gasteiger charge is -2.25. The van der Waals surface area contributed by atoms with Gasteiger partial charge in [0.1, 0.15) is 11.0 Å². The third kappa shape index (κ3) is 9.45. The topological polar surface area (TPSA) is 25.8 Å². The first-order valence-electron chi connectivity index (χ1n) is 20.8. The maximum Gasteiger partial charge on any atom is 0.113 e. The summed E-state index contributed by atoms with van der Waals surface area (Å²) >= 11 is 4.77. The van der Waals surface area contributed by atoms with E-state index < -0.39 is 10.8 Å². The molecule has 3 aromatic carbocycles. The monoisotopic (exact) mass is 918 g/mol. The number of aromatic nitrogens is 2. The maximum atomic E-state index is 4.71. The molecule has 0 N–H and O–H groups in total. The van der Waals surface area contributed by atoms with Crippen LogP contribution in [0, 0.1) is 203 Å². The highest BCUT2D eigenvalue weighted by molar-refractivity contribution is 7.19. The summed E-state index contributed by atoms with van der Waals surface area (Å²) in [4.78, 5) is 4.70. The van der Waals surface area contributed by atoms with Crippen LogP contribution in [0.15, 0.2) is 48.5 Å². The largest absolute Gasteiger partial charge is 0.173 e. The zero-order valence-electron chi connectivity index (χ0n) is 37.7. The van der Waals surface area contributed by atoms with Gasteiger partial charge in [0.2, 0.25) is 0 Å². The molecule has 310 valence electrons. The first kappa shape index (κ1) is 45.7. The molecule has 3 aromatic heterocycles. The van der Waals surface area contributed by atoms with Crippen LogP contribution in [-0.4, -0.2) is 8.75 Å². The summed E-state index contributed by atoms with van der Waals surface area (Å²) < 4.78 is 9.31. The van der Waals surface area contributed by atoms with E-state index in [9.17, 15) is 0 Å². The number of benzene rings is 3. The standard InChI is InChI=1S/C64H26N2S3/c1-7-9-11-13-15-17-19-21-23-25-27-29-31-33-35-43-63(5)54-45-48(4)67-61(54)52-41-39-50-49(57(52)63)40-42-53-58(50)64(6,44-36-34-32-30-28-26-24-22-20-18-16-14-12-10-8-2)55-46-56(68-62(53)55)51-38-37-47(3)59-60(51)66-69-65-59/h37-42,45-46H,1-6H3. The van der Waals surface area contributed by atoms with Crippen molar-refractivity contribution in [3.8, 4) is 221 Å². The van der Waals surface area contributed by atoms with Crippen LogP contribution < -0.4 is 0 Å². The van der Waals surface area contributed by atoms with Crippen molar-refractivity contribution >= 4 is 56.2 Å². The van der Waals surface area contributed by atoms with Gasteiger partial charge in [-0.2, -0.15) is 8.75 Å². The minimum atomic E-state index is -0.740. The van der Waals surface area contributed by atoms with Crippen molar-refractivity contribution in [1.29, 1.82) is 0 Å². The van der Waals surface area contributed by atoms with Gasteiger partial charge in [-0.1, -0.05) is 60.1 Å². The smallest absolute Gasteiger partial charge is 0.113 e. The molecule has 0 aliphatic heterocycles. The molecule has 0 saturated carbocycles. The second-order valence-corrected chi connectivity index (χ2v) is 17.8. The number of nitrogens with zero attached hydrogens (tertiary/aromatic N) is 2. The SMILES string of the molecule is CC#CC#CC#CC#CC#CC#CC#CC#CC1(C)c2cc(C)sc2-c2ccc3c4c(ccc3c21)-c1sc(-c2ccc(C)c3nsnc23)cc1C4(C)C#CC#CC#CC#CC#CC#CC#CC#CC. The second-order valence-electron chi connectivity index (χ2n) is 14.9. The van der Waals surface area contributed by atoms with Crippen LogP contribution in [0.2, 0.25) is 0 Å². The van der Waals surface area contributed by atoms with E-state index in [1.165, 1.54) is 32.6 Å². The molecule has 0 bridgehead atoms. The van der Waals surface area contributed by atoms with Gasteiger partial charge in [-0.25, -0.2) is 0 Å². The third-order valence-corrected chi connectivity index (χ3v) is 13.6. The van der Waals surface area contributed by atoms with Gasteiger partial charge in [0.15, 0.2) is 0 Å². The highest BCUT2D eigenvalue weighted by Gasteiger charge is 2.45. The van der Waals surface area contributed by atoms with Crippen LogP contribution in [0.4, 0.5) is 0 Å². The Morgan fingerprint density at radius 2 is 0.783 bits per heavy atom. The van der Waals surface area contributed by atoms with E-state index in [0.29, 0.717) is 0 Å². The van der Waals surface area contributed by atoms with E-state index in [-0.39, 0.29) is 0 Å². The molecule has 3 heterocycles. The van der Waals surface area contributed by atoms with Gasteiger partial charge in [0, 0.05) is 25.1 Å². The van der Waals surface area contributed by atoms with E-state index in [1.807, 2.05) is 0 Å². The summed E-state index contributed by atoms with van der Waals surface area (Å²) in [5.41, 5.74) is 9.44. The normalized spacial score (nSPS) is 13.4. The predicted molar refractivity (Wildman–Crippen MR) is 285 cm³/mol. The van der Waals surface area contributed by atoms with Gasteiger partial charge in [-0.3, -0.25) is 0 Å². The van der Waals surface area contributed by atoms with Crippen LogP contribution in [-0.2, 0) is 10.8 Å². The molecule has 0 amide bonds. The Labute approximate surface area is 416 Å². The highest BCUT2D eigenvalue weighted by atomic mass is 32.1. The van der Waals surface area contributed by atoms with E-state index in [1.54, 1.807) is 36.5 Å². The summed E-state index contributed by atoms with van der Waals surface area (Å²) in [6, 6.07) is 17.8. The van der Waals surface area contributed by atoms with E-state index in [4.69, 9.17) is 4.37 Å². The molecular weight excluding hydrogens is 893 g/mol. The lowest BCUT2D eigenvalue weighted by Crippen LogP contribution is -2.20. The molecule has 0 saturated heterocycles. The molecule has 0 fully saturated rings. The Bertz CT molecular complexity index is 4380. The van der Waals surface area contributed by atoms with Crippen molar-refractivity contribution in [3.05, 3.63) is 81.2 Å². The molecule has 6 aromatic rings. The van der Waals surface area contributed by atoms with Gasteiger partial charge < -0.3 is 0 Å². The van der Waals surface area contributed by atoms with E-state index in [2.05, 4.69) is 270 Å². The lowest BCUT2D eigenvalue weighted by molar-refractivity contribution is 0.782. The first-order chi connectivity index (χ1) is 33.8. The molecule has 0 radical (unpaired) electrons. The zero-order valence-corrected chi connectivity index (χ0v) is 40.2. The van der Waals surface area contributed by atoms with Gasteiger partial charge >= 0.3 is 0 Å². The fourth-order valence-corrected chi connectivity index (χ4v) is 11.0. The number of hydrogen-bond acceptors (Lipinski definition) is 5. The van der Waals surface area contributed by atoms with Crippen LogP contribution >= 0.6 is 34.4 Å².